The van der Waals surface area contributed by atoms with E-state index in [9.17, 15) is 0 Å². The van der Waals surface area contributed by atoms with Gasteiger partial charge < -0.3 is 0 Å². The van der Waals surface area contributed by atoms with Gasteiger partial charge in [-0.2, -0.15) is 0 Å². The molecule has 0 aromatic carbocycles. The Bertz CT molecular complexity index is 9560. The third-order valence-electron chi connectivity index (χ3n) is 3.47. The molecule has 0 aliphatic heterocycles. The fraction of sp³-hybridized carbons (Fsp3) is 0. The molecule has 0 nitrogen and oxygen atoms in total. The van der Waals surface area contributed by atoms with Gasteiger partial charge in [-0.25, -0.2) is 0 Å². The SMILES string of the molecule is S=S=S=S=S=S=S=S=S=S=S=S=S=S=S=S=S=S=S=S=S=S=S=S=S=S=S=S=S=S=S=S=S=S=S=S=S=S=S=S=S=S=S=S=S=S=S=S=S=S=S=S=S=S=S=S=S=S=S=S=S=S=S=S=S=S=S=S=S=S=S=S=S=S=S=S=S=S=S=S=S=S=S=S=S=S=S=S=S=S=S=S=S=S=S=S=S=S=S=S=S=S=S=S=S=S=S=S=S=S=S=S=S=S=S=S=S=S=S=S=S=S=S=S=S=S=S=S. The van der Waals surface area contributed by atoms with Crippen LogP contribution in [-0.4, -0.2) is 0 Å². The highest BCUT2D eigenvalue weighted by Gasteiger charge is 1.54. The standard InChI is InChI=1S/S128/c1-3-5-7-9-11-13-15-17-19-21-23-25-27-29-31-33-35-37-39-41-43-45-47-49-51-53-55-57-59-61-63-65-67-69-71-73-75-77-79-81-83-85-87-89-91-93-95-97-99-101-103-105-107-109-111-113-115-117-119-121-123-125-127-128-126-124-122-120-118-116-114-112-110-108-106-104-102-100-98-96-94-92-90-88-86-84-82-80-78-76-74-72-70-68-66-64-62-60-58-56-54-52-50-48-46-44-42-40-38-36-34-32-30-28-26-24-22-20-18-16-14-12-10-8-6-4-2. The van der Waals surface area contributed by atoms with E-state index in [0.29, 0.717) is 0 Å². The summed E-state index contributed by atoms with van der Waals surface area (Å²) in [5.74, 6) is 0. The molecule has 0 amide bonds. The molecule has 0 fully saturated rings. The van der Waals surface area contributed by atoms with Crippen LogP contribution in [-0.2, 0) is 1140 Å². The van der Waals surface area contributed by atoms with Crippen molar-refractivity contribution in [3.05, 3.63) is 0 Å². The molecule has 0 aliphatic carbocycles. The fourth-order valence-corrected chi connectivity index (χ4v) is 342. The van der Waals surface area contributed by atoms with Crippen LogP contribution in [0.4, 0.5) is 0 Å². The molecule has 0 rings (SSSR count). The summed E-state index contributed by atoms with van der Waals surface area (Å²) in [6.45, 7) is 0. The summed E-state index contributed by atoms with van der Waals surface area (Å²) in [6.07, 6.45) is 0. The maximum Gasteiger partial charge on any atom is 0 e. The summed E-state index contributed by atoms with van der Waals surface area (Å²) < 4.78 is 0. The Hall–Kier alpha value is 28.2. The van der Waals surface area contributed by atoms with Crippen molar-refractivity contribution in [1.82, 2.24) is 0 Å². The first-order valence-electron chi connectivity index (χ1n) is 21.2. The molecule has 0 atom stereocenters. The first kappa shape index (κ1) is 156. The second kappa shape index (κ2) is 155. The lowest BCUT2D eigenvalue weighted by Gasteiger charge is -1.41. The number of hydrogen-bond acceptors (Lipinski definition) is 2. The average Bonchev–Trinajstić information content (AvgIpc) is 1.15. The lowest BCUT2D eigenvalue weighted by atomic mass is 30.7. The summed E-state index contributed by atoms with van der Waals surface area (Å²) in [7, 11) is 229. The van der Waals surface area contributed by atoms with Gasteiger partial charge in [-0.05, 0) is 0 Å². The van der Waals surface area contributed by atoms with Gasteiger partial charge in [0.1, 0.15) is 0 Å². The van der Waals surface area contributed by atoms with Gasteiger partial charge in [-0.15, -0.1) is 0 Å². The second-order valence-corrected chi connectivity index (χ2v) is 231. The van der Waals surface area contributed by atoms with Crippen molar-refractivity contribution in [1.29, 1.82) is 0 Å². The highest BCUT2D eigenvalue weighted by atomic mass is 33.6. The molecule has 128 heteroatoms. The van der Waals surface area contributed by atoms with Gasteiger partial charge in [0.15, 0.2) is 0 Å². The highest BCUT2D eigenvalue weighted by Crippen LogP contribution is 1.53. The maximum absolute atomic E-state index is 4.83. The molecule has 0 aromatic rings. The lowest BCUT2D eigenvalue weighted by molar-refractivity contribution is 5.95. The van der Waals surface area contributed by atoms with Gasteiger partial charge in [0.05, 0.1) is 0 Å². The van der Waals surface area contributed by atoms with Crippen LogP contribution in [0, 0.1) is 0 Å². The molecule has 0 heterocycles. The van der Waals surface area contributed by atoms with Gasteiger partial charge >= 0.3 is 0 Å². The van der Waals surface area contributed by atoms with Gasteiger partial charge in [-0.1, -0.05) is 0 Å². The zero-order valence-corrected chi connectivity index (χ0v) is 157. The van der Waals surface area contributed by atoms with E-state index in [2.05, 4.69) is 0 Å². The van der Waals surface area contributed by atoms with Crippen molar-refractivity contribution in [3.63, 3.8) is 0 Å². The topological polar surface area (TPSA) is 0 Å². The summed E-state index contributed by atoms with van der Waals surface area (Å²) >= 11 is 9.67. The highest BCUT2D eigenvalue weighted by molar-refractivity contribution is 8.90. The number of rotatable bonds is 0. The first-order chi connectivity index (χ1) is 63.9. The van der Waals surface area contributed by atoms with Crippen LogP contribution >= 0.6 is 0 Å². The normalized spacial score (nSPS) is 7.91. The van der Waals surface area contributed by atoms with Gasteiger partial charge in [-0.3, -0.25) is 0 Å². The minimum Gasteiger partial charge on any atom is 0 e. The van der Waals surface area contributed by atoms with E-state index in [1.54, 1.807) is 107 Å². The molecular weight excluding hydrogens is 4100 g/mol. The van der Waals surface area contributed by atoms with Crippen molar-refractivity contribution in [2.75, 3.05) is 0 Å². The van der Waals surface area contributed by atoms with Crippen molar-refractivity contribution in [2.24, 2.45) is 0 Å². The van der Waals surface area contributed by atoms with Crippen LogP contribution in [0.1, 0.15) is 0 Å². The third-order valence-corrected chi connectivity index (χ3v) is 281. The second-order valence-electron chi connectivity index (χ2n) is 8.57. The van der Waals surface area contributed by atoms with Crippen LogP contribution in [0.15, 0.2) is 0 Å². The predicted octanol–water partition coefficient (Wildman–Crippen LogP) is -0.307. The average molecular weight is 4100 g/mol. The molecular formula is S128. The molecule has 0 saturated carbocycles. The molecule has 0 aliphatic rings. The van der Waals surface area contributed by atoms with Crippen molar-refractivity contribution < 1.29 is 0 Å². The van der Waals surface area contributed by atoms with Gasteiger partial charge in [0.2, 0.25) is 0 Å². The van der Waals surface area contributed by atoms with Crippen LogP contribution in [0.5, 0.6) is 0 Å². The Labute approximate surface area is 1100 Å². The molecule has 0 radical (unpaired) electrons. The predicted molar refractivity (Wildman–Crippen MR) is 943 cm³/mol. The zero-order valence-electron chi connectivity index (χ0n) is 52.3. The Morgan fingerprint density at radius 1 is 0.0391 bits per heavy atom. The van der Waals surface area contributed by atoms with Crippen LogP contribution in [0.25, 0.3) is 0 Å². The summed E-state index contributed by atoms with van der Waals surface area (Å²) in [4.78, 5) is 0. The van der Waals surface area contributed by atoms with Crippen LogP contribution in [0.2, 0.25) is 0 Å². The molecule has 768 valence electrons. The Morgan fingerprint density at radius 2 is 0.0625 bits per heavy atom. The van der Waals surface area contributed by atoms with E-state index >= 15 is 0 Å². The van der Waals surface area contributed by atoms with E-state index in [-0.39, 0.29) is 0 Å². The zero-order chi connectivity index (χ0) is 91.1. The number of hydrogen-bond donors (Lipinski definition) is 0. The monoisotopic (exact) mass is 4090 g/mol. The van der Waals surface area contributed by atoms with E-state index in [1.165, 1.54) is 17.8 Å². The molecule has 0 unspecified atom stereocenters. The van der Waals surface area contributed by atoms with Crippen LogP contribution < -0.4 is 0 Å². The Kier molecular flexibility index (Phi) is 189. The van der Waals surface area contributed by atoms with E-state index < -0.39 is 0 Å². The molecule has 0 aromatic heterocycles. The maximum atomic E-state index is 4.83. The molecule has 0 bridgehead atoms. The Balaban J connectivity index is 6.20. The van der Waals surface area contributed by atoms with Crippen molar-refractivity contribution in [3.8, 4) is 0 Å². The van der Waals surface area contributed by atoms with Gasteiger partial charge in [0, 0.05) is 1140 Å². The quantitative estimate of drug-likeness (QED) is 0.328. The molecule has 0 saturated heterocycles. The van der Waals surface area contributed by atoms with E-state index in [1.807, 2.05) is 995 Å². The van der Waals surface area contributed by atoms with E-state index in [0.717, 1.165) is 0 Å². The lowest BCUT2D eigenvalue weighted by Crippen LogP contribution is -1.42. The summed E-state index contributed by atoms with van der Waals surface area (Å²) in [5.41, 5.74) is 0. The Morgan fingerprint density at radius 3 is 0.0859 bits per heavy atom. The largest absolute Gasteiger partial charge is 0 e. The first-order valence-corrected chi connectivity index (χ1v) is 190. The van der Waals surface area contributed by atoms with E-state index in [4.69, 9.17) is 22.4 Å². The third kappa shape index (κ3) is 154. The van der Waals surface area contributed by atoms with Crippen LogP contribution in [0.3, 0.4) is 0 Å². The van der Waals surface area contributed by atoms with Gasteiger partial charge in [0.25, 0.3) is 0 Å². The molecule has 128 heavy (non-hydrogen) atoms. The van der Waals surface area contributed by atoms with Crippen molar-refractivity contribution >= 4 is 1140 Å². The smallest absolute Gasteiger partial charge is 0 e. The van der Waals surface area contributed by atoms with Crippen molar-refractivity contribution in [2.45, 2.75) is 0 Å². The fourth-order valence-electron chi connectivity index (χ4n) is 1.41. The summed E-state index contributed by atoms with van der Waals surface area (Å²) in [5, 5.41) is 0. The molecule has 0 spiro atoms. The minimum atomic E-state index is 1.37. The minimum absolute atomic E-state index is 1.37. The molecule has 0 N–H and O–H groups in total. The summed E-state index contributed by atoms with van der Waals surface area (Å²) in [6, 6.07) is 0.